The van der Waals surface area contributed by atoms with Gasteiger partial charge in [0, 0.05) is 6.42 Å². The van der Waals surface area contributed by atoms with Gasteiger partial charge in [-0.15, -0.1) is 0 Å². The lowest BCUT2D eigenvalue weighted by Gasteiger charge is -2.28. The van der Waals surface area contributed by atoms with Gasteiger partial charge in [-0.25, -0.2) is 4.79 Å². The number of phenols is 1. The minimum Gasteiger partial charge on any atom is -0.508 e. The summed E-state index contributed by atoms with van der Waals surface area (Å²) >= 11 is 0. The predicted octanol–water partition coefficient (Wildman–Crippen LogP) is 0.471. The fraction of sp³-hybridized carbons (Fsp3) is 0.429. The van der Waals surface area contributed by atoms with Gasteiger partial charge < -0.3 is 37.0 Å². The highest BCUT2D eigenvalue weighted by Gasteiger charge is 2.33. The van der Waals surface area contributed by atoms with Crippen LogP contribution in [0.5, 0.6) is 5.75 Å². The first-order valence-electron chi connectivity index (χ1n) is 12.8. The number of aliphatic hydroxyl groups excluding tert-OH is 1. The normalized spacial score (nSPS) is 15.6. The van der Waals surface area contributed by atoms with Gasteiger partial charge in [0.05, 0.1) is 12.1 Å². The number of nitrogens with one attached hydrogen (secondary N) is 3. The van der Waals surface area contributed by atoms with Crippen LogP contribution in [-0.2, 0) is 32.0 Å². The van der Waals surface area contributed by atoms with Crippen molar-refractivity contribution in [2.75, 3.05) is 0 Å². The summed E-state index contributed by atoms with van der Waals surface area (Å²) < 4.78 is 0. The first-order chi connectivity index (χ1) is 18.4. The molecule has 39 heavy (non-hydrogen) atoms. The van der Waals surface area contributed by atoms with E-state index in [1.54, 1.807) is 19.1 Å². The number of phenolic OH excluding ortho intramolecular Hbond substituents is 1. The van der Waals surface area contributed by atoms with Crippen LogP contribution in [0.3, 0.4) is 0 Å². The molecule has 0 heterocycles. The molecule has 6 atom stereocenters. The molecule has 0 aromatic heterocycles. The van der Waals surface area contributed by atoms with Crippen molar-refractivity contribution in [3.8, 4) is 5.75 Å². The summed E-state index contributed by atoms with van der Waals surface area (Å²) in [4.78, 5) is 51.0. The quantitative estimate of drug-likeness (QED) is 0.179. The third-order valence-electron chi connectivity index (χ3n) is 6.48. The Balaban J connectivity index is 2.24. The second-order valence-electron chi connectivity index (χ2n) is 9.66. The molecule has 6 unspecified atom stereocenters. The Kier molecular flexibility index (Phi) is 11.9. The third kappa shape index (κ3) is 9.69. The number of carbonyl (C=O) groups is 4. The van der Waals surface area contributed by atoms with Crippen molar-refractivity contribution in [3.05, 3.63) is 65.7 Å². The summed E-state index contributed by atoms with van der Waals surface area (Å²) in [5, 5.41) is 36.3. The lowest BCUT2D eigenvalue weighted by molar-refractivity contribution is -0.145. The minimum atomic E-state index is -1.60. The molecule has 0 radical (unpaired) electrons. The topological polar surface area (TPSA) is 191 Å². The van der Waals surface area contributed by atoms with E-state index in [4.69, 9.17) is 5.73 Å². The molecule has 8 N–H and O–H groups in total. The van der Waals surface area contributed by atoms with Gasteiger partial charge >= 0.3 is 5.97 Å². The van der Waals surface area contributed by atoms with Gasteiger partial charge in [0.2, 0.25) is 17.7 Å². The molecule has 0 saturated heterocycles. The van der Waals surface area contributed by atoms with E-state index < -0.39 is 54.0 Å². The van der Waals surface area contributed by atoms with Crippen molar-refractivity contribution in [2.45, 2.75) is 70.3 Å². The number of amides is 3. The number of hydrogen-bond donors (Lipinski definition) is 7. The van der Waals surface area contributed by atoms with E-state index in [1.807, 2.05) is 37.3 Å². The summed E-state index contributed by atoms with van der Waals surface area (Å²) in [5.41, 5.74) is 7.54. The number of aliphatic hydroxyl groups is 1. The van der Waals surface area contributed by atoms with E-state index >= 15 is 0 Å². The van der Waals surface area contributed by atoms with Gasteiger partial charge in [-0.2, -0.15) is 0 Å². The lowest BCUT2D eigenvalue weighted by atomic mass is 9.96. The molecule has 212 valence electrons. The molecular weight excluding hydrogens is 504 g/mol. The SMILES string of the molecule is CCC(C)C(NC(=O)C(N)Cc1ccccc1)C(=O)NC(Cc1ccc(O)cc1)C(=O)NC(C(=O)O)C(C)O. The standard InChI is InChI=1S/C28H38N4O7/c1-4-16(2)23(31-25(35)21(29)14-18-8-6-5-7-9-18)27(37)30-22(15-19-10-12-20(34)13-11-19)26(36)32-24(17(3)33)28(38)39/h5-13,16-17,21-24,33-34H,4,14-15,29H2,1-3H3,(H,30,37)(H,31,35)(H,32,36)(H,38,39). The van der Waals surface area contributed by atoms with Crippen LogP contribution in [0, 0.1) is 5.92 Å². The van der Waals surface area contributed by atoms with Crippen LogP contribution >= 0.6 is 0 Å². The van der Waals surface area contributed by atoms with Gasteiger partial charge in [-0.1, -0.05) is 62.7 Å². The van der Waals surface area contributed by atoms with Crippen molar-refractivity contribution < 1.29 is 34.5 Å². The number of carboxylic acid groups (broad SMARTS) is 1. The van der Waals surface area contributed by atoms with Crippen LogP contribution in [0.15, 0.2) is 54.6 Å². The fourth-order valence-corrected chi connectivity index (χ4v) is 3.90. The number of rotatable bonds is 14. The number of aromatic hydroxyl groups is 1. The summed E-state index contributed by atoms with van der Waals surface area (Å²) in [7, 11) is 0. The van der Waals surface area contributed by atoms with E-state index in [1.165, 1.54) is 19.1 Å². The van der Waals surface area contributed by atoms with Gasteiger partial charge in [-0.05, 0) is 42.5 Å². The number of nitrogens with two attached hydrogens (primary N) is 1. The highest BCUT2D eigenvalue weighted by atomic mass is 16.4. The van der Waals surface area contributed by atoms with Crippen LogP contribution < -0.4 is 21.7 Å². The molecule has 3 amide bonds. The zero-order valence-electron chi connectivity index (χ0n) is 22.3. The molecule has 0 spiro atoms. The van der Waals surface area contributed by atoms with Crippen LogP contribution in [0.2, 0.25) is 0 Å². The van der Waals surface area contributed by atoms with Crippen molar-refractivity contribution in [2.24, 2.45) is 11.7 Å². The Labute approximate surface area is 227 Å². The Hall–Kier alpha value is -3.96. The first-order valence-corrected chi connectivity index (χ1v) is 12.8. The van der Waals surface area contributed by atoms with Crippen molar-refractivity contribution in [3.63, 3.8) is 0 Å². The molecule has 11 nitrogen and oxygen atoms in total. The zero-order valence-corrected chi connectivity index (χ0v) is 22.3. The smallest absolute Gasteiger partial charge is 0.328 e. The van der Waals surface area contributed by atoms with Crippen LogP contribution in [0.25, 0.3) is 0 Å². The molecule has 0 bridgehead atoms. The predicted molar refractivity (Wildman–Crippen MR) is 144 cm³/mol. The molecule has 0 fully saturated rings. The number of carboxylic acids is 1. The lowest BCUT2D eigenvalue weighted by Crippen LogP contribution is -2.60. The maximum absolute atomic E-state index is 13.4. The molecule has 2 aromatic carbocycles. The summed E-state index contributed by atoms with van der Waals surface area (Å²) in [6.07, 6.45) is -0.638. The Morgan fingerprint density at radius 2 is 1.36 bits per heavy atom. The Morgan fingerprint density at radius 1 is 0.795 bits per heavy atom. The van der Waals surface area contributed by atoms with E-state index in [2.05, 4.69) is 16.0 Å². The maximum atomic E-state index is 13.4. The molecule has 0 saturated carbocycles. The highest BCUT2D eigenvalue weighted by Crippen LogP contribution is 2.14. The molecule has 2 aromatic rings. The van der Waals surface area contributed by atoms with Gasteiger partial charge in [-0.3, -0.25) is 14.4 Å². The van der Waals surface area contributed by atoms with E-state index in [9.17, 15) is 34.5 Å². The molecule has 11 heteroatoms. The molecule has 0 aliphatic rings. The molecule has 0 aliphatic heterocycles. The van der Waals surface area contributed by atoms with Crippen molar-refractivity contribution >= 4 is 23.7 Å². The largest absolute Gasteiger partial charge is 0.508 e. The number of carbonyl (C=O) groups excluding carboxylic acids is 3. The van der Waals surface area contributed by atoms with Crippen LogP contribution in [0.4, 0.5) is 0 Å². The zero-order chi connectivity index (χ0) is 29.1. The number of aliphatic carboxylic acids is 1. The third-order valence-corrected chi connectivity index (χ3v) is 6.48. The van der Waals surface area contributed by atoms with Gasteiger partial charge in [0.1, 0.15) is 17.8 Å². The number of benzene rings is 2. The van der Waals surface area contributed by atoms with Crippen molar-refractivity contribution in [1.29, 1.82) is 0 Å². The van der Waals surface area contributed by atoms with Crippen LogP contribution in [-0.4, -0.2) is 69.3 Å². The second kappa shape index (κ2) is 14.8. The summed E-state index contributed by atoms with van der Waals surface area (Å²) in [5.74, 6) is -3.76. The van der Waals surface area contributed by atoms with E-state index in [0.29, 0.717) is 12.0 Å². The van der Waals surface area contributed by atoms with Crippen LogP contribution in [0.1, 0.15) is 38.3 Å². The monoisotopic (exact) mass is 542 g/mol. The average molecular weight is 543 g/mol. The number of hydrogen-bond acceptors (Lipinski definition) is 7. The van der Waals surface area contributed by atoms with Gasteiger partial charge in [0.15, 0.2) is 6.04 Å². The second-order valence-corrected chi connectivity index (χ2v) is 9.66. The minimum absolute atomic E-state index is 0.00946. The maximum Gasteiger partial charge on any atom is 0.328 e. The van der Waals surface area contributed by atoms with E-state index in [0.717, 1.165) is 5.56 Å². The Bertz CT molecular complexity index is 1110. The van der Waals surface area contributed by atoms with Crippen molar-refractivity contribution in [1.82, 2.24) is 16.0 Å². The Morgan fingerprint density at radius 3 is 1.90 bits per heavy atom. The molecular formula is C28H38N4O7. The average Bonchev–Trinajstić information content (AvgIpc) is 2.90. The fourth-order valence-electron chi connectivity index (χ4n) is 3.90. The van der Waals surface area contributed by atoms with E-state index in [-0.39, 0.29) is 24.5 Å². The highest BCUT2D eigenvalue weighted by molar-refractivity contribution is 5.94. The first kappa shape index (κ1) is 31.3. The molecule has 0 aliphatic carbocycles. The summed E-state index contributed by atoms with van der Waals surface area (Å²) in [6, 6.07) is 10.4. The molecule has 2 rings (SSSR count). The van der Waals surface area contributed by atoms with Gasteiger partial charge in [0.25, 0.3) is 0 Å². The summed E-state index contributed by atoms with van der Waals surface area (Å²) in [6.45, 7) is 4.84.